The summed E-state index contributed by atoms with van der Waals surface area (Å²) < 4.78 is 31.7. The topological polar surface area (TPSA) is 35.2 Å². The van der Waals surface area contributed by atoms with E-state index in [-0.39, 0.29) is 6.61 Å². The van der Waals surface area contributed by atoms with Crippen LogP contribution in [0.25, 0.3) is 0 Å². The molecule has 1 aliphatic rings. The van der Waals surface area contributed by atoms with Crippen molar-refractivity contribution in [2.45, 2.75) is 31.7 Å². The lowest BCUT2D eigenvalue weighted by Crippen LogP contribution is -2.20. The van der Waals surface area contributed by atoms with E-state index < -0.39 is 17.7 Å². The SMILES string of the molecule is NC(COCC1CCCC1)c1ccc(F)cc1F. The highest BCUT2D eigenvalue weighted by Gasteiger charge is 2.17. The summed E-state index contributed by atoms with van der Waals surface area (Å²) >= 11 is 0. The summed E-state index contributed by atoms with van der Waals surface area (Å²) in [6.07, 6.45) is 4.96. The molecule has 0 amide bonds. The van der Waals surface area contributed by atoms with Crippen LogP contribution in [0.2, 0.25) is 0 Å². The maximum Gasteiger partial charge on any atom is 0.130 e. The van der Waals surface area contributed by atoms with Crippen molar-refractivity contribution in [1.82, 2.24) is 0 Å². The van der Waals surface area contributed by atoms with Gasteiger partial charge in [0.1, 0.15) is 11.6 Å². The number of hydrogen-bond donors (Lipinski definition) is 1. The molecule has 0 saturated heterocycles. The van der Waals surface area contributed by atoms with Crippen molar-refractivity contribution in [2.75, 3.05) is 13.2 Å². The Morgan fingerprint density at radius 1 is 1.28 bits per heavy atom. The molecule has 2 rings (SSSR count). The predicted octanol–water partition coefficient (Wildman–Crippen LogP) is 3.17. The second-order valence-electron chi connectivity index (χ2n) is 4.96. The van der Waals surface area contributed by atoms with Crippen LogP contribution in [0.3, 0.4) is 0 Å². The zero-order chi connectivity index (χ0) is 13.0. The van der Waals surface area contributed by atoms with Crippen molar-refractivity contribution in [3.05, 3.63) is 35.4 Å². The second kappa shape index (κ2) is 6.25. The average Bonchev–Trinajstić information content (AvgIpc) is 2.81. The zero-order valence-corrected chi connectivity index (χ0v) is 10.4. The summed E-state index contributed by atoms with van der Waals surface area (Å²) in [5, 5.41) is 0. The molecule has 18 heavy (non-hydrogen) atoms. The van der Waals surface area contributed by atoms with Gasteiger partial charge in [0.05, 0.1) is 12.6 Å². The first-order chi connectivity index (χ1) is 8.66. The third-order valence-electron chi connectivity index (χ3n) is 3.49. The third kappa shape index (κ3) is 3.50. The van der Waals surface area contributed by atoms with Crippen molar-refractivity contribution in [3.8, 4) is 0 Å². The minimum absolute atomic E-state index is 0.277. The first-order valence-corrected chi connectivity index (χ1v) is 6.45. The van der Waals surface area contributed by atoms with Crippen LogP contribution in [-0.4, -0.2) is 13.2 Å². The van der Waals surface area contributed by atoms with Crippen molar-refractivity contribution >= 4 is 0 Å². The van der Waals surface area contributed by atoms with E-state index in [1.165, 1.54) is 37.8 Å². The summed E-state index contributed by atoms with van der Waals surface area (Å²) in [6, 6.07) is 2.92. The molecule has 4 heteroatoms. The number of nitrogens with two attached hydrogens (primary N) is 1. The fourth-order valence-electron chi connectivity index (χ4n) is 2.43. The second-order valence-corrected chi connectivity index (χ2v) is 4.96. The van der Waals surface area contributed by atoms with Crippen LogP contribution in [-0.2, 0) is 4.74 Å². The summed E-state index contributed by atoms with van der Waals surface area (Å²) in [5.74, 6) is -0.572. The van der Waals surface area contributed by atoms with E-state index in [1.54, 1.807) is 0 Å². The molecular weight excluding hydrogens is 236 g/mol. The smallest absolute Gasteiger partial charge is 0.130 e. The van der Waals surface area contributed by atoms with Gasteiger partial charge < -0.3 is 10.5 Å². The number of benzene rings is 1. The molecule has 1 aromatic carbocycles. The number of halogens is 2. The predicted molar refractivity (Wildman–Crippen MR) is 66.1 cm³/mol. The van der Waals surface area contributed by atoms with Gasteiger partial charge in [0, 0.05) is 18.2 Å². The van der Waals surface area contributed by atoms with Gasteiger partial charge in [-0.15, -0.1) is 0 Å². The van der Waals surface area contributed by atoms with Crippen molar-refractivity contribution in [1.29, 1.82) is 0 Å². The van der Waals surface area contributed by atoms with E-state index in [4.69, 9.17) is 10.5 Å². The van der Waals surface area contributed by atoms with Gasteiger partial charge in [-0.3, -0.25) is 0 Å². The molecule has 2 nitrogen and oxygen atoms in total. The van der Waals surface area contributed by atoms with Gasteiger partial charge >= 0.3 is 0 Å². The Morgan fingerprint density at radius 3 is 2.67 bits per heavy atom. The first-order valence-electron chi connectivity index (χ1n) is 6.45. The van der Waals surface area contributed by atoms with Gasteiger partial charge in [0.15, 0.2) is 0 Å². The Bertz CT molecular complexity index is 391. The monoisotopic (exact) mass is 255 g/mol. The lowest BCUT2D eigenvalue weighted by atomic mass is 10.1. The molecule has 1 atom stereocenters. The summed E-state index contributed by atoms with van der Waals surface area (Å²) in [5.41, 5.74) is 6.15. The minimum Gasteiger partial charge on any atom is -0.379 e. The molecule has 1 saturated carbocycles. The van der Waals surface area contributed by atoms with E-state index in [0.29, 0.717) is 18.1 Å². The number of hydrogen-bond acceptors (Lipinski definition) is 2. The van der Waals surface area contributed by atoms with E-state index in [2.05, 4.69) is 0 Å². The Labute approximate surface area is 106 Å². The first kappa shape index (κ1) is 13.4. The largest absolute Gasteiger partial charge is 0.379 e. The Kier molecular flexibility index (Phi) is 4.66. The maximum atomic E-state index is 13.5. The van der Waals surface area contributed by atoms with E-state index >= 15 is 0 Å². The van der Waals surface area contributed by atoms with Crippen LogP contribution < -0.4 is 5.73 Å². The van der Waals surface area contributed by atoms with Gasteiger partial charge in [0.2, 0.25) is 0 Å². The normalized spacial score (nSPS) is 18.2. The van der Waals surface area contributed by atoms with Crippen LogP contribution in [0, 0.1) is 17.6 Å². The molecule has 0 aromatic heterocycles. The molecule has 100 valence electrons. The molecular formula is C14H19F2NO. The summed E-state index contributed by atoms with van der Waals surface area (Å²) in [4.78, 5) is 0. The van der Waals surface area contributed by atoms with Crippen molar-refractivity contribution < 1.29 is 13.5 Å². The maximum absolute atomic E-state index is 13.5. The van der Waals surface area contributed by atoms with Crippen LogP contribution in [0.5, 0.6) is 0 Å². The average molecular weight is 255 g/mol. The fourth-order valence-corrected chi connectivity index (χ4v) is 2.43. The molecule has 1 aliphatic carbocycles. The molecule has 1 aromatic rings. The zero-order valence-electron chi connectivity index (χ0n) is 10.4. The standard InChI is InChI=1S/C14H19F2NO/c15-11-5-6-12(13(16)7-11)14(17)9-18-8-10-3-1-2-4-10/h5-7,10,14H,1-4,8-9,17H2. The highest BCUT2D eigenvalue weighted by Crippen LogP contribution is 2.25. The highest BCUT2D eigenvalue weighted by atomic mass is 19.1. The molecule has 2 N–H and O–H groups in total. The minimum atomic E-state index is -0.605. The van der Waals surface area contributed by atoms with Gasteiger partial charge in [0.25, 0.3) is 0 Å². The van der Waals surface area contributed by atoms with Crippen LogP contribution in [0.4, 0.5) is 8.78 Å². The van der Waals surface area contributed by atoms with Gasteiger partial charge in [-0.25, -0.2) is 8.78 Å². The molecule has 0 heterocycles. The number of ether oxygens (including phenoxy) is 1. The van der Waals surface area contributed by atoms with Crippen LogP contribution in [0.1, 0.15) is 37.3 Å². The fraction of sp³-hybridized carbons (Fsp3) is 0.571. The van der Waals surface area contributed by atoms with E-state index in [0.717, 1.165) is 6.07 Å². The molecule has 0 aliphatic heterocycles. The van der Waals surface area contributed by atoms with Gasteiger partial charge in [-0.1, -0.05) is 18.9 Å². The Balaban J connectivity index is 1.81. The Morgan fingerprint density at radius 2 is 2.00 bits per heavy atom. The number of rotatable bonds is 5. The van der Waals surface area contributed by atoms with Crippen molar-refractivity contribution in [2.24, 2.45) is 11.7 Å². The lowest BCUT2D eigenvalue weighted by molar-refractivity contribution is 0.0898. The molecule has 0 bridgehead atoms. The van der Waals surface area contributed by atoms with Gasteiger partial charge in [-0.2, -0.15) is 0 Å². The summed E-state index contributed by atoms with van der Waals surface area (Å²) in [6.45, 7) is 0.968. The quantitative estimate of drug-likeness (QED) is 0.877. The molecule has 0 spiro atoms. The highest BCUT2D eigenvalue weighted by molar-refractivity contribution is 5.21. The lowest BCUT2D eigenvalue weighted by Gasteiger charge is -2.15. The molecule has 0 radical (unpaired) electrons. The summed E-state index contributed by atoms with van der Waals surface area (Å²) in [7, 11) is 0. The van der Waals surface area contributed by atoms with Crippen molar-refractivity contribution in [3.63, 3.8) is 0 Å². The molecule has 1 unspecified atom stereocenters. The molecule has 1 fully saturated rings. The van der Waals surface area contributed by atoms with Crippen LogP contribution in [0.15, 0.2) is 18.2 Å². The van der Waals surface area contributed by atoms with Gasteiger partial charge in [-0.05, 0) is 24.8 Å². The van der Waals surface area contributed by atoms with Crippen LogP contribution >= 0.6 is 0 Å². The Hall–Kier alpha value is -1.00. The third-order valence-corrected chi connectivity index (χ3v) is 3.49. The van der Waals surface area contributed by atoms with E-state index in [1.807, 2.05) is 0 Å². The van der Waals surface area contributed by atoms with E-state index in [9.17, 15) is 8.78 Å².